The molecule has 0 aliphatic carbocycles. The number of thiazole rings is 1. The first-order valence-electron chi connectivity index (χ1n) is 3.42. The first kappa shape index (κ1) is 7.14. The molecule has 3 heteroatoms. The fourth-order valence-electron chi connectivity index (χ4n) is 1.01. The zero-order valence-electron chi connectivity index (χ0n) is 6.24. The van der Waals surface area contributed by atoms with E-state index < -0.39 is 0 Å². The van der Waals surface area contributed by atoms with E-state index in [2.05, 4.69) is 10.9 Å². The smallest absolute Gasteiger partial charge is 0.167 e. The second kappa shape index (κ2) is 2.50. The Morgan fingerprint density at radius 2 is 2.33 bits per heavy atom. The van der Waals surface area contributed by atoms with Gasteiger partial charge in [-0.05, 0) is 24.1 Å². The summed E-state index contributed by atoms with van der Waals surface area (Å²) in [6.45, 7) is 0. The van der Waals surface area contributed by atoms with Gasteiger partial charge in [0.2, 0.25) is 0 Å². The van der Waals surface area contributed by atoms with Crippen LogP contribution in [-0.4, -0.2) is 4.98 Å². The molecule has 0 unspecified atom stereocenters. The second-order valence-corrected chi connectivity index (χ2v) is 3.42. The molecule has 2 aromatic rings. The average molecular weight is 174 g/mol. The van der Waals surface area contributed by atoms with Crippen LogP contribution in [0.3, 0.4) is 0 Å². The van der Waals surface area contributed by atoms with Gasteiger partial charge in [-0.3, -0.25) is 0 Å². The highest BCUT2D eigenvalue weighted by molar-refractivity contribution is 7.19. The van der Waals surface area contributed by atoms with Gasteiger partial charge in [0.15, 0.2) is 5.01 Å². The summed E-state index contributed by atoms with van der Waals surface area (Å²) in [4.78, 5) is 4.19. The van der Waals surface area contributed by atoms with Gasteiger partial charge in [0.1, 0.15) is 0 Å². The molecule has 0 bridgehead atoms. The Hall–Kier alpha value is -1.53. The van der Waals surface area contributed by atoms with Crippen LogP contribution >= 0.6 is 11.3 Å². The molecule has 0 fully saturated rings. The van der Waals surface area contributed by atoms with Crippen molar-refractivity contribution in [3.63, 3.8) is 0 Å². The summed E-state index contributed by atoms with van der Waals surface area (Å²) < 4.78 is 1.08. The summed E-state index contributed by atoms with van der Waals surface area (Å²) in [6, 6.07) is 5.61. The molecule has 0 saturated carbocycles. The van der Waals surface area contributed by atoms with Gasteiger partial charge in [-0.2, -0.15) is 0 Å². The Balaban J connectivity index is 2.77. The van der Waals surface area contributed by atoms with Crippen LogP contribution in [0.2, 0.25) is 0 Å². The lowest BCUT2D eigenvalue weighted by Crippen LogP contribution is -1.82. The largest absolute Gasteiger partial charge is 0.399 e. The Morgan fingerprint density at radius 3 is 3.08 bits per heavy atom. The van der Waals surface area contributed by atoms with Crippen LogP contribution in [0.5, 0.6) is 0 Å². The molecule has 0 aliphatic heterocycles. The van der Waals surface area contributed by atoms with Crippen molar-refractivity contribution in [1.29, 1.82) is 0 Å². The summed E-state index contributed by atoms with van der Waals surface area (Å²) in [5, 5.41) is 0.704. The molecule has 0 saturated heterocycles. The van der Waals surface area contributed by atoms with Gasteiger partial charge in [0.05, 0.1) is 10.2 Å². The van der Waals surface area contributed by atoms with Crippen molar-refractivity contribution in [2.75, 3.05) is 5.73 Å². The quantitative estimate of drug-likeness (QED) is 0.489. The van der Waals surface area contributed by atoms with Gasteiger partial charge >= 0.3 is 0 Å². The molecule has 58 valence electrons. The minimum atomic E-state index is 0.704. The molecule has 0 spiro atoms. The molecular weight excluding hydrogens is 168 g/mol. The minimum absolute atomic E-state index is 0.704. The molecule has 1 aromatic carbocycles. The van der Waals surface area contributed by atoms with E-state index in [1.165, 1.54) is 11.3 Å². The van der Waals surface area contributed by atoms with Gasteiger partial charge in [0, 0.05) is 5.69 Å². The molecule has 0 radical (unpaired) electrons. The Labute approximate surface area is 74.0 Å². The van der Waals surface area contributed by atoms with E-state index in [9.17, 15) is 0 Å². The Bertz CT molecular complexity index is 465. The maximum atomic E-state index is 5.59. The topological polar surface area (TPSA) is 38.9 Å². The second-order valence-electron chi connectivity index (χ2n) is 2.39. The molecule has 0 amide bonds. The first-order valence-corrected chi connectivity index (χ1v) is 4.24. The van der Waals surface area contributed by atoms with E-state index in [4.69, 9.17) is 12.2 Å². The van der Waals surface area contributed by atoms with E-state index in [0.29, 0.717) is 5.01 Å². The molecule has 2 N–H and O–H groups in total. The third-order valence-electron chi connectivity index (χ3n) is 1.54. The lowest BCUT2D eigenvalue weighted by molar-refractivity contribution is 1.46. The van der Waals surface area contributed by atoms with E-state index in [1.807, 2.05) is 18.2 Å². The van der Waals surface area contributed by atoms with Crippen molar-refractivity contribution in [1.82, 2.24) is 4.98 Å². The summed E-state index contributed by atoms with van der Waals surface area (Å²) in [6.07, 6.45) is 5.22. The standard InChI is InChI=1S/C9H6N2S/c1-2-9-11-7-5-6(10)3-4-8(7)12-9/h1,3-5H,10H2. The highest BCUT2D eigenvalue weighted by atomic mass is 32.1. The Kier molecular flexibility index (Phi) is 1.49. The number of fused-ring (bicyclic) bond motifs is 1. The van der Waals surface area contributed by atoms with Crippen LogP contribution in [0, 0.1) is 12.3 Å². The maximum Gasteiger partial charge on any atom is 0.167 e. The van der Waals surface area contributed by atoms with Crippen LogP contribution in [0.15, 0.2) is 18.2 Å². The van der Waals surface area contributed by atoms with Crippen LogP contribution in [0.1, 0.15) is 5.01 Å². The SMILES string of the molecule is C#Cc1nc2cc(N)ccc2s1. The number of rotatable bonds is 0. The number of aromatic nitrogens is 1. The normalized spacial score (nSPS) is 9.92. The lowest BCUT2D eigenvalue weighted by atomic mass is 10.3. The predicted octanol–water partition coefficient (Wildman–Crippen LogP) is 1.86. The maximum absolute atomic E-state index is 5.59. The molecule has 12 heavy (non-hydrogen) atoms. The highest BCUT2D eigenvalue weighted by Crippen LogP contribution is 2.22. The van der Waals surface area contributed by atoms with E-state index in [-0.39, 0.29) is 0 Å². The first-order chi connectivity index (χ1) is 5.79. The van der Waals surface area contributed by atoms with Crippen molar-refractivity contribution < 1.29 is 0 Å². The molecule has 2 nitrogen and oxygen atoms in total. The number of terminal acetylenes is 1. The molecular formula is C9H6N2S. The van der Waals surface area contributed by atoms with E-state index >= 15 is 0 Å². The van der Waals surface area contributed by atoms with Gasteiger partial charge in [0.25, 0.3) is 0 Å². The number of anilines is 1. The summed E-state index contributed by atoms with van der Waals surface area (Å²) in [7, 11) is 0. The average Bonchev–Trinajstić information content (AvgIpc) is 2.46. The zero-order valence-corrected chi connectivity index (χ0v) is 7.06. The Morgan fingerprint density at radius 1 is 1.50 bits per heavy atom. The monoisotopic (exact) mass is 174 g/mol. The fraction of sp³-hybridized carbons (Fsp3) is 0. The van der Waals surface area contributed by atoms with Crippen LogP contribution < -0.4 is 5.73 Å². The molecule has 0 aliphatic rings. The van der Waals surface area contributed by atoms with Crippen LogP contribution in [0.25, 0.3) is 10.2 Å². The minimum Gasteiger partial charge on any atom is -0.399 e. The van der Waals surface area contributed by atoms with Crippen molar-refractivity contribution in [3.8, 4) is 12.3 Å². The van der Waals surface area contributed by atoms with Crippen LogP contribution in [-0.2, 0) is 0 Å². The molecule has 1 heterocycles. The number of nitrogen functional groups attached to an aromatic ring is 1. The van der Waals surface area contributed by atoms with Gasteiger partial charge < -0.3 is 5.73 Å². The fourth-order valence-corrected chi connectivity index (χ4v) is 1.76. The van der Waals surface area contributed by atoms with Crippen molar-refractivity contribution in [2.24, 2.45) is 0 Å². The van der Waals surface area contributed by atoms with Crippen molar-refractivity contribution in [2.45, 2.75) is 0 Å². The molecule has 2 rings (SSSR count). The molecule has 1 aromatic heterocycles. The zero-order chi connectivity index (χ0) is 8.55. The highest BCUT2D eigenvalue weighted by Gasteiger charge is 2.00. The van der Waals surface area contributed by atoms with Crippen LogP contribution in [0.4, 0.5) is 5.69 Å². The van der Waals surface area contributed by atoms with E-state index in [1.54, 1.807) is 0 Å². The molecule has 0 atom stereocenters. The lowest BCUT2D eigenvalue weighted by Gasteiger charge is -1.88. The number of hydrogen-bond acceptors (Lipinski definition) is 3. The number of benzene rings is 1. The summed E-state index contributed by atoms with van der Waals surface area (Å²) in [5.41, 5.74) is 7.19. The van der Waals surface area contributed by atoms with Crippen molar-refractivity contribution in [3.05, 3.63) is 23.2 Å². The number of nitrogens with two attached hydrogens (primary N) is 1. The summed E-state index contributed by atoms with van der Waals surface area (Å²) in [5.74, 6) is 2.50. The number of hydrogen-bond donors (Lipinski definition) is 1. The number of nitrogens with zero attached hydrogens (tertiary/aromatic N) is 1. The van der Waals surface area contributed by atoms with Gasteiger partial charge in [-0.15, -0.1) is 17.8 Å². The third-order valence-corrected chi connectivity index (χ3v) is 2.50. The summed E-state index contributed by atoms with van der Waals surface area (Å²) >= 11 is 1.50. The van der Waals surface area contributed by atoms with Crippen molar-refractivity contribution >= 4 is 27.2 Å². The van der Waals surface area contributed by atoms with E-state index in [0.717, 1.165) is 15.9 Å². The van der Waals surface area contributed by atoms with Gasteiger partial charge in [-0.1, -0.05) is 0 Å². The van der Waals surface area contributed by atoms with Gasteiger partial charge in [-0.25, -0.2) is 4.98 Å². The predicted molar refractivity (Wildman–Crippen MR) is 52.0 cm³/mol. The third kappa shape index (κ3) is 1.03.